The molecule has 22 nitrogen and oxygen atoms in total. The molecule has 72 heavy (non-hydrogen) atoms. The van der Waals surface area contributed by atoms with Crippen LogP contribution in [-0.4, -0.2) is 81.8 Å². The van der Waals surface area contributed by atoms with Crippen molar-refractivity contribution in [1.82, 2.24) is 0 Å². The van der Waals surface area contributed by atoms with Gasteiger partial charge < -0.3 is 33.6 Å². The summed E-state index contributed by atoms with van der Waals surface area (Å²) in [6, 6.07) is 23.2. The summed E-state index contributed by atoms with van der Waals surface area (Å²) >= 11 is 0. The fourth-order valence-corrected chi connectivity index (χ4v) is 8.95. The number of benzene rings is 6. The van der Waals surface area contributed by atoms with Crippen LogP contribution >= 0.6 is 0 Å². The van der Waals surface area contributed by atoms with Crippen molar-refractivity contribution in [3.63, 3.8) is 0 Å². The predicted molar refractivity (Wildman–Crippen MR) is 238 cm³/mol. The summed E-state index contributed by atoms with van der Waals surface area (Å²) < 4.78 is 154. The number of Topliss-reactive ketones (excluding diaryl/α,β-unsaturated/α-hetero) is 1. The molecule has 6 aromatic rings. The number of hydrazone groups is 1. The van der Waals surface area contributed by atoms with E-state index in [2.05, 4.69) is 31.4 Å². The summed E-state index contributed by atoms with van der Waals surface area (Å²) in [7, 11) is -21.5. The number of allylic oxidation sites excluding steroid dienone is 1. The monoisotopic (exact) mass is 1090 g/mol. The minimum atomic E-state index is -5.68. The number of carbonyl (C=O) groups is 3. The van der Waals surface area contributed by atoms with Crippen molar-refractivity contribution in [2.24, 2.45) is 15.3 Å². The van der Waals surface area contributed by atoms with Gasteiger partial charge in [-0.2, -0.15) is 5.10 Å². The molecule has 0 atom stereocenters. The molecule has 6 aromatic carbocycles. The summed E-state index contributed by atoms with van der Waals surface area (Å²) in [5, 5.41) is 16.3. The van der Waals surface area contributed by atoms with E-state index in [0.29, 0.717) is 18.2 Å². The van der Waals surface area contributed by atoms with Gasteiger partial charge in [-0.1, -0.05) is 42.5 Å². The van der Waals surface area contributed by atoms with Crippen LogP contribution in [0.1, 0.15) is 43.6 Å². The molecular formula is C42H28N6Na4O16S4. The molecule has 0 radical (unpaired) electrons. The average molecular weight is 1090 g/mol. The van der Waals surface area contributed by atoms with Gasteiger partial charge in [-0.25, -0.2) is 33.7 Å². The molecule has 0 spiro atoms. The average Bonchev–Trinajstić information content (AvgIpc) is 3.27. The normalized spacial score (nSPS) is 13.0. The Hall–Kier alpha value is -3.56. The molecule has 2 amide bonds. The molecule has 0 saturated carbocycles. The SMILES string of the molecule is CCOc1cc(N=Nc2ccc(NC(=O)c3ccccc3)cc2S(=O)(=O)[O-])c2cc(S(=O)(=O)[O-])ccc2c1NN=C1C(=O)c2c(cc(S(=O)(=O)[O-])cc2NC(=O)c2ccccc2)C=C1S(=O)(=O)[O-].[Na+].[Na+].[Na+].[Na+]. The first kappa shape index (κ1) is 62.7. The zero-order valence-electron chi connectivity index (χ0n) is 38.3. The number of ketones is 1. The molecule has 0 saturated heterocycles. The largest absolute Gasteiger partial charge is 1.00 e. The summed E-state index contributed by atoms with van der Waals surface area (Å²) in [4.78, 5) is 36.1. The number of azo groups is 1. The van der Waals surface area contributed by atoms with Gasteiger partial charge >= 0.3 is 118 Å². The number of ether oxygens (including phenoxy) is 1. The van der Waals surface area contributed by atoms with Gasteiger partial charge in [-0.3, -0.25) is 19.8 Å². The van der Waals surface area contributed by atoms with Crippen molar-refractivity contribution in [2.75, 3.05) is 22.7 Å². The first-order valence-corrected chi connectivity index (χ1v) is 24.7. The second-order valence-electron chi connectivity index (χ2n) is 14.1. The number of fused-ring (bicyclic) bond motifs is 2. The van der Waals surface area contributed by atoms with Gasteiger partial charge in [-0.05, 0) is 85.3 Å². The van der Waals surface area contributed by atoms with E-state index < -0.39 is 106 Å². The molecule has 30 heteroatoms. The van der Waals surface area contributed by atoms with Crippen molar-refractivity contribution >= 4 is 109 Å². The van der Waals surface area contributed by atoms with E-state index >= 15 is 0 Å². The Morgan fingerprint density at radius 3 is 1.71 bits per heavy atom. The van der Waals surface area contributed by atoms with Crippen LogP contribution in [0.3, 0.4) is 0 Å². The molecule has 0 aliphatic heterocycles. The topological polar surface area (TPSA) is 362 Å². The first-order valence-electron chi connectivity index (χ1n) is 19.1. The molecule has 0 aromatic heterocycles. The minimum absolute atomic E-state index is 0. The van der Waals surface area contributed by atoms with Gasteiger partial charge in [0.05, 0.1) is 43.1 Å². The van der Waals surface area contributed by atoms with Crippen LogP contribution in [0.4, 0.5) is 28.4 Å². The summed E-state index contributed by atoms with van der Waals surface area (Å²) in [5.41, 5.74) is -1.56. The van der Waals surface area contributed by atoms with Gasteiger partial charge in [0, 0.05) is 33.7 Å². The van der Waals surface area contributed by atoms with Crippen LogP contribution in [-0.2, 0) is 40.5 Å². The summed E-state index contributed by atoms with van der Waals surface area (Å²) in [6.07, 6.45) is 0.559. The predicted octanol–water partition coefficient (Wildman–Crippen LogP) is -6.56. The van der Waals surface area contributed by atoms with Crippen molar-refractivity contribution in [3.05, 3.63) is 142 Å². The fraction of sp³-hybridized carbons (Fsp3) is 0.0476. The number of hydrogen-bond donors (Lipinski definition) is 3. The van der Waals surface area contributed by atoms with Crippen LogP contribution in [0.25, 0.3) is 16.8 Å². The molecule has 0 heterocycles. The van der Waals surface area contributed by atoms with Gasteiger partial charge in [0.25, 0.3) is 11.8 Å². The van der Waals surface area contributed by atoms with Gasteiger partial charge in [0.1, 0.15) is 63.3 Å². The Balaban J connectivity index is 0.00000342. The third kappa shape index (κ3) is 14.6. The maximum Gasteiger partial charge on any atom is 1.00 e. The maximum atomic E-state index is 14.3. The summed E-state index contributed by atoms with van der Waals surface area (Å²) in [5.74, 6) is -3.18. The minimum Gasteiger partial charge on any atom is -0.744 e. The Bertz CT molecular complexity index is 3680. The zero-order valence-corrected chi connectivity index (χ0v) is 49.5. The number of nitrogens with one attached hydrogen (secondary N) is 3. The molecule has 0 unspecified atom stereocenters. The van der Waals surface area contributed by atoms with E-state index in [-0.39, 0.29) is 170 Å². The Labute approximate surface area is 499 Å². The number of carbonyl (C=O) groups excluding carboxylic acids is 3. The number of anilines is 3. The van der Waals surface area contributed by atoms with Crippen LogP contribution in [0.15, 0.2) is 150 Å². The Morgan fingerprint density at radius 1 is 0.597 bits per heavy atom. The van der Waals surface area contributed by atoms with E-state index in [4.69, 9.17) is 4.74 Å². The van der Waals surface area contributed by atoms with E-state index in [1.54, 1.807) is 24.3 Å². The number of nitrogens with zero attached hydrogens (tertiary/aromatic N) is 3. The van der Waals surface area contributed by atoms with Crippen LogP contribution < -0.4 is 139 Å². The van der Waals surface area contributed by atoms with Gasteiger partial charge in [0.15, 0.2) is 0 Å². The molecule has 7 rings (SSSR count). The molecule has 0 bridgehead atoms. The van der Waals surface area contributed by atoms with Crippen molar-refractivity contribution in [3.8, 4) is 5.75 Å². The maximum absolute atomic E-state index is 14.3. The van der Waals surface area contributed by atoms with Crippen molar-refractivity contribution in [1.29, 1.82) is 0 Å². The standard InChI is InChI=1S/C42H32N6O16S4.4Na/c1-2-64-34-22-32(46-45-31-16-13-26(19-35(31)67(58,59)60)43-41(50)23-9-5-3-6-10-23)30-20-27(65(52,53)54)14-15-29(30)38(34)47-48-39-36(68(61,62)63)18-25-17-28(66(55,56)57)21-33(37(25)40(39)49)44-42(51)24-11-7-4-8-12-24;;;;/h3-22,47H,2H2,1H3,(H,43,50)(H,44,51)(H,52,53,54)(H,55,56,57)(H,58,59,60)(H,61,62,63);;;;/q;4*+1/p-4. The Kier molecular flexibility index (Phi) is 22.1. The quantitative estimate of drug-likeness (QED) is 0.0395. The molecule has 350 valence electrons. The first-order chi connectivity index (χ1) is 31.9. The molecule has 0 fully saturated rings. The van der Waals surface area contributed by atoms with E-state index in [1.165, 1.54) is 49.4 Å². The fourth-order valence-electron chi connectivity index (χ4n) is 6.64. The molecule has 1 aliphatic carbocycles. The van der Waals surface area contributed by atoms with Gasteiger partial charge in [0.2, 0.25) is 5.78 Å². The molecule has 3 N–H and O–H groups in total. The van der Waals surface area contributed by atoms with Crippen molar-refractivity contribution in [2.45, 2.75) is 21.6 Å². The number of hydrogen-bond acceptors (Lipinski definition) is 20. The van der Waals surface area contributed by atoms with Crippen molar-refractivity contribution < 1.29 is 189 Å². The number of rotatable bonds is 14. The zero-order chi connectivity index (χ0) is 49.3. The second kappa shape index (κ2) is 25.3. The smallest absolute Gasteiger partial charge is 0.744 e. The van der Waals surface area contributed by atoms with E-state index in [0.717, 1.165) is 36.4 Å². The van der Waals surface area contributed by atoms with E-state index in [1.807, 2.05) is 0 Å². The third-order valence-corrected chi connectivity index (χ3v) is 13.0. The van der Waals surface area contributed by atoms with Crippen LogP contribution in [0.2, 0.25) is 0 Å². The van der Waals surface area contributed by atoms with E-state index in [9.17, 15) is 66.3 Å². The van der Waals surface area contributed by atoms with Crippen LogP contribution in [0.5, 0.6) is 5.75 Å². The third-order valence-electron chi connectivity index (χ3n) is 9.65. The van der Waals surface area contributed by atoms with Gasteiger partial charge in [-0.15, -0.1) is 10.2 Å². The molecule has 1 aliphatic rings. The summed E-state index contributed by atoms with van der Waals surface area (Å²) in [6.45, 7) is 1.36. The molecular weight excluding hydrogens is 1060 g/mol. The number of amides is 2. The second-order valence-corrected chi connectivity index (χ2v) is 19.5. The van der Waals surface area contributed by atoms with Crippen LogP contribution in [0, 0.1) is 0 Å². The Morgan fingerprint density at radius 2 is 1.17 bits per heavy atom.